The number of nitrogens with one attached hydrogen (secondary N) is 3. The first-order valence-electron chi connectivity index (χ1n) is 8.47. The Morgan fingerprint density at radius 1 is 0.800 bits per heavy atom. The number of carbonyl (C=O) groups excluding carboxylic acids is 5. The fraction of sp³-hybridized carbons (Fsp3) is 0.533. The highest BCUT2D eigenvalue weighted by atomic mass is 16.4. The lowest BCUT2D eigenvalue weighted by Gasteiger charge is -2.20. The van der Waals surface area contributed by atoms with Gasteiger partial charge in [-0.3, -0.25) is 28.8 Å². The van der Waals surface area contributed by atoms with E-state index >= 15 is 0 Å². The third kappa shape index (κ3) is 11.2. The van der Waals surface area contributed by atoms with Gasteiger partial charge in [-0.05, 0) is 6.42 Å². The molecule has 0 spiro atoms. The molecule has 0 rings (SSSR count). The van der Waals surface area contributed by atoms with Crippen molar-refractivity contribution in [2.24, 2.45) is 17.2 Å². The summed E-state index contributed by atoms with van der Waals surface area (Å²) in [5.74, 6) is -7.53. The van der Waals surface area contributed by atoms with E-state index in [1.54, 1.807) is 0 Å². The third-order valence-corrected chi connectivity index (χ3v) is 3.51. The van der Waals surface area contributed by atoms with Crippen molar-refractivity contribution in [3.05, 3.63) is 0 Å². The topological polar surface area (TPSA) is 274 Å². The molecule has 0 radical (unpaired) electrons. The van der Waals surface area contributed by atoms with Crippen molar-refractivity contribution in [3.8, 4) is 0 Å². The van der Waals surface area contributed by atoms with E-state index in [4.69, 9.17) is 27.4 Å². The van der Waals surface area contributed by atoms with Gasteiger partial charge in [0.15, 0.2) is 0 Å². The van der Waals surface area contributed by atoms with Crippen molar-refractivity contribution in [1.82, 2.24) is 16.0 Å². The highest BCUT2D eigenvalue weighted by Gasteiger charge is 2.26. The molecule has 0 heterocycles. The molecule has 15 heteroatoms. The second kappa shape index (κ2) is 12.7. The third-order valence-electron chi connectivity index (χ3n) is 3.51. The minimum atomic E-state index is -1.61. The second-order valence-corrected chi connectivity index (χ2v) is 6.12. The standard InChI is InChI=1S/C15H24N6O9/c16-6(3-12(25)26)13(27)21-7(1-2-9(17)22)14(28)19-5-11(24)20-8(15(29)30)4-10(18)23/h6-8H,1-5,16H2,(H2,17,22)(H2,18,23)(H,19,28)(H,20,24)(H,21,27)(H,25,26)(H,29,30). The first-order valence-corrected chi connectivity index (χ1v) is 8.47. The van der Waals surface area contributed by atoms with Crippen molar-refractivity contribution in [2.45, 2.75) is 43.8 Å². The Morgan fingerprint density at radius 2 is 1.40 bits per heavy atom. The SMILES string of the molecule is NC(=O)CCC(NC(=O)C(N)CC(=O)O)C(=O)NCC(=O)NC(CC(N)=O)C(=O)O. The van der Waals surface area contributed by atoms with E-state index in [0.717, 1.165) is 0 Å². The molecular weight excluding hydrogens is 408 g/mol. The fourth-order valence-corrected chi connectivity index (χ4v) is 2.05. The monoisotopic (exact) mass is 432 g/mol. The molecule has 0 aromatic carbocycles. The van der Waals surface area contributed by atoms with Gasteiger partial charge in [0.1, 0.15) is 12.1 Å². The van der Waals surface area contributed by atoms with Crippen LogP contribution in [0.3, 0.4) is 0 Å². The first kappa shape index (κ1) is 26.2. The summed E-state index contributed by atoms with van der Waals surface area (Å²) in [5.41, 5.74) is 15.3. The molecule has 0 aromatic heterocycles. The number of amides is 5. The first-order chi connectivity index (χ1) is 13.8. The Balaban J connectivity index is 4.94. The summed E-state index contributed by atoms with van der Waals surface area (Å²) in [6.07, 6.45) is -1.98. The van der Waals surface area contributed by atoms with Gasteiger partial charge < -0.3 is 43.4 Å². The maximum absolute atomic E-state index is 12.2. The molecular formula is C15H24N6O9. The molecule has 5 amide bonds. The largest absolute Gasteiger partial charge is 0.481 e. The van der Waals surface area contributed by atoms with Crippen LogP contribution in [0.1, 0.15) is 25.7 Å². The maximum Gasteiger partial charge on any atom is 0.326 e. The normalized spacial score (nSPS) is 13.2. The molecule has 30 heavy (non-hydrogen) atoms. The van der Waals surface area contributed by atoms with Crippen LogP contribution in [0.5, 0.6) is 0 Å². The van der Waals surface area contributed by atoms with Gasteiger partial charge in [0.05, 0.1) is 25.4 Å². The Morgan fingerprint density at radius 3 is 1.87 bits per heavy atom. The molecule has 0 aliphatic carbocycles. The maximum atomic E-state index is 12.2. The van der Waals surface area contributed by atoms with Gasteiger partial charge in [0, 0.05) is 6.42 Å². The molecule has 3 atom stereocenters. The predicted molar refractivity (Wildman–Crippen MR) is 97.0 cm³/mol. The summed E-state index contributed by atoms with van der Waals surface area (Å²) in [4.78, 5) is 79.3. The van der Waals surface area contributed by atoms with Crippen LogP contribution in [0, 0.1) is 0 Å². The Bertz CT molecular complexity index is 711. The highest BCUT2D eigenvalue weighted by Crippen LogP contribution is 2.00. The molecule has 0 bridgehead atoms. The van der Waals surface area contributed by atoms with Gasteiger partial charge in [-0.2, -0.15) is 0 Å². The molecule has 0 fully saturated rings. The highest BCUT2D eigenvalue weighted by molar-refractivity contribution is 5.94. The molecule has 11 N–H and O–H groups in total. The number of rotatable bonds is 14. The second-order valence-electron chi connectivity index (χ2n) is 6.12. The van der Waals surface area contributed by atoms with Crippen LogP contribution in [-0.4, -0.2) is 76.4 Å². The zero-order chi connectivity index (χ0) is 23.4. The number of nitrogens with two attached hydrogens (primary N) is 3. The molecule has 0 aromatic rings. The van der Waals surface area contributed by atoms with Gasteiger partial charge in [0.2, 0.25) is 29.5 Å². The Kier molecular flexibility index (Phi) is 11.1. The summed E-state index contributed by atoms with van der Waals surface area (Å²) >= 11 is 0. The van der Waals surface area contributed by atoms with Crippen LogP contribution in [0.4, 0.5) is 0 Å². The number of hydrogen-bond donors (Lipinski definition) is 8. The minimum absolute atomic E-state index is 0.270. The number of carbonyl (C=O) groups is 7. The molecule has 0 saturated carbocycles. The average Bonchev–Trinajstić information content (AvgIpc) is 2.61. The molecule has 3 unspecified atom stereocenters. The van der Waals surface area contributed by atoms with Crippen molar-refractivity contribution in [2.75, 3.05) is 6.54 Å². The molecule has 0 aliphatic rings. The summed E-state index contributed by atoms with van der Waals surface area (Å²) in [6.45, 7) is -0.731. The smallest absolute Gasteiger partial charge is 0.326 e. The van der Waals surface area contributed by atoms with Gasteiger partial charge >= 0.3 is 11.9 Å². The van der Waals surface area contributed by atoms with Gasteiger partial charge in [-0.1, -0.05) is 0 Å². The molecule has 168 valence electrons. The predicted octanol–water partition coefficient (Wildman–Crippen LogP) is -4.90. The van der Waals surface area contributed by atoms with Crippen LogP contribution >= 0.6 is 0 Å². The van der Waals surface area contributed by atoms with Crippen LogP contribution in [0.25, 0.3) is 0 Å². The Labute approximate surface area is 169 Å². The van der Waals surface area contributed by atoms with E-state index in [2.05, 4.69) is 10.6 Å². The number of carboxylic acids is 2. The van der Waals surface area contributed by atoms with Crippen LogP contribution in [0.15, 0.2) is 0 Å². The van der Waals surface area contributed by atoms with E-state index in [1.165, 1.54) is 0 Å². The van der Waals surface area contributed by atoms with E-state index in [1.807, 2.05) is 5.32 Å². The lowest BCUT2D eigenvalue weighted by Crippen LogP contribution is -2.54. The summed E-state index contributed by atoms with van der Waals surface area (Å²) in [7, 11) is 0. The van der Waals surface area contributed by atoms with Crippen molar-refractivity contribution >= 4 is 41.5 Å². The summed E-state index contributed by atoms with van der Waals surface area (Å²) in [6, 6.07) is -4.45. The zero-order valence-electron chi connectivity index (χ0n) is 15.8. The number of aliphatic carboxylic acids is 2. The lowest BCUT2D eigenvalue weighted by molar-refractivity contribution is -0.143. The lowest BCUT2D eigenvalue weighted by atomic mass is 10.1. The van der Waals surface area contributed by atoms with Crippen molar-refractivity contribution < 1.29 is 43.8 Å². The summed E-state index contributed by atoms with van der Waals surface area (Å²) in [5, 5.41) is 23.8. The van der Waals surface area contributed by atoms with Crippen molar-refractivity contribution in [3.63, 3.8) is 0 Å². The van der Waals surface area contributed by atoms with E-state index in [9.17, 15) is 33.6 Å². The minimum Gasteiger partial charge on any atom is -0.481 e. The Hall–Kier alpha value is -3.75. The summed E-state index contributed by atoms with van der Waals surface area (Å²) < 4.78 is 0. The molecule has 0 saturated heterocycles. The molecule has 0 aliphatic heterocycles. The van der Waals surface area contributed by atoms with E-state index in [0.29, 0.717) is 0 Å². The quantitative estimate of drug-likeness (QED) is 0.129. The number of hydrogen-bond acceptors (Lipinski definition) is 8. The van der Waals surface area contributed by atoms with Crippen LogP contribution < -0.4 is 33.2 Å². The van der Waals surface area contributed by atoms with Crippen molar-refractivity contribution in [1.29, 1.82) is 0 Å². The van der Waals surface area contributed by atoms with Gasteiger partial charge in [-0.15, -0.1) is 0 Å². The van der Waals surface area contributed by atoms with E-state index in [-0.39, 0.29) is 12.8 Å². The number of carboxylic acid groups (broad SMARTS) is 2. The zero-order valence-corrected chi connectivity index (χ0v) is 15.8. The molecule has 15 nitrogen and oxygen atoms in total. The van der Waals surface area contributed by atoms with E-state index < -0.39 is 79.0 Å². The average molecular weight is 432 g/mol. The van der Waals surface area contributed by atoms with Gasteiger partial charge in [-0.25, -0.2) is 4.79 Å². The number of primary amides is 2. The van der Waals surface area contributed by atoms with Gasteiger partial charge in [0.25, 0.3) is 0 Å². The van der Waals surface area contributed by atoms with Crippen LogP contribution in [-0.2, 0) is 33.6 Å². The fourth-order valence-electron chi connectivity index (χ4n) is 2.05. The van der Waals surface area contributed by atoms with Crippen LogP contribution in [0.2, 0.25) is 0 Å².